The highest BCUT2D eigenvalue weighted by molar-refractivity contribution is 6.30. The van der Waals surface area contributed by atoms with Crippen molar-refractivity contribution in [3.63, 3.8) is 0 Å². The molecule has 9 heteroatoms. The topological polar surface area (TPSA) is 70.9 Å². The first kappa shape index (κ1) is 22.3. The fraction of sp³-hybridized carbons (Fsp3) is 0.320. The summed E-state index contributed by atoms with van der Waals surface area (Å²) in [5.74, 6) is 1.32. The van der Waals surface area contributed by atoms with E-state index in [9.17, 15) is 9.59 Å². The van der Waals surface area contributed by atoms with E-state index in [1.165, 1.54) is 0 Å². The van der Waals surface area contributed by atoms with Crippen LogP contribution in [-0.2, 0) is 16.1 Å². The van der Waals surface area contributed by atoms with Crippen molar-refractivity contribution < 1.29 is 14.3 Å². The van der Waals surface area contributed by atoms with Gasteiger partial charge in [-0.25, -0.2) is 4.68 Å². The second-order valence-electron chi connectivity index (χ2n) is 8.42. The molecule has 5 rings (SSSR count). The van der Waals surface area contributed by atoms with Crippen LogP contribution in [0.15, 0.2) is 54.6 Å². The number of carbonyl (C=O) groups excluding carboxylic acids is 2. The lowest BCUT2D eigenvalue weighted by Crippen LogP contribution is -2.52. The summed E-state index contributed by atoms with van der Waals surface area (Å²) < 4.78 is 7.04. The number of ether oxygens (including phenoxy) is 1. The fourth-order valence-electron chi connectivity index (χ4n) is 4.45. The Morgan fingerprint density at radius 2 is 1.79 bits per heavy atom. The van der Waals surface area contributed by atoms with Crippen molar-refractivity contribution in [3.8, 4) is 17.0 Å². The van der Waals surface area contributed by atoms with Gasteiger partial charge in [-0.1, -0.05) is 17.7 Å². The molecule has 176 valence electrons. The van der Waals surface area contributed by atoms with Gasteiger partial charge in [0.15, 0.2) is 0 Å². The Balaban J connectivity index is 1.27. The van der Waals surface area contributed by atoms with Gasteiger partial charge in [0.05, 0.1) is 19.3 Å². The lowest BCUT2D eigenvalue weighted by molar-refractivity contribution is -0.132. The molecule has 2 aromatic carbocycles. The van der Waals surface area contributed by atoms with E-state index in [2.05, 4.69) is 10.00 Å². The number of rotatable bonds is 5. The Bertz CT molecular complexity index is 1200. The van der Waals surface area contributed by atoms with Crippen LogP contribution in [0, 0.1) is 0 Å². The van der Waals surface area contributed by atoms with E-state index < -0.39 is 0 Å². The minimum Gasteiger partial charge on any atom is -0.497 e. The monoisotopic (exact) mass is 479 g/mol. The SMILES string of the molecule is COc1ccc(-c2cc3n(n2)CCC(=O)N3CC(=O)N2CCN(c3cccc(Cl)c3)CC2)cc1. The van der Waals surface area contributed by atoms with Crippen molar-refractivity contribution in [2.75, 3.05) is 49.6 Å². The molecule has 3 aromatic rings. The fourth-order valence-corrected chi connectivity index (χ4v) is 4.63. The maximum Gasteiger partial charge on any atom is 0.242 e. The van der Waals surface area contributed by atoms with Gasteiger partial charge < -0.3 is 14.5 Å². The summed E-state index contributed by atoms with van der Waals surface area (Å²) in [5.41, 5.74) is 2.75. The Morgan fingerprint density at radius 3 is 2.50 bits per heavy atom. The molecule has 0 spiro atoms. The second kappa shape index (κ2) is 9.38. The number of aryl methyl sites for hydroxylation is 1. The van der Waals surface area contributed by atoms with Crippen molar-refractivity contribution in [1.29, 1.82) is 0 Å². The smallest absolute Gasteiger partial charge is 0.242 e. The molecule has 1 saturated heterocycles. The van der Waals surface area contributed by atoms with E-state index in [4.69, 9.17) is 16.3 Å². The molecule has 34 heavy (non-hydrogen) atoms. The molecule has 0 unspecified atom stereocenters. The molecule has 0 radical (unpaired) electrons. The molecule has 1 aromatic heterocycles. The van der Waals surface area contributed by atoms with Crippen LogP contribution >= 0.6 is 11.6 Å². The number of hydrogen-bond donors (Lipinski definition) is 0. The lowest BCUT2D eigenvalue weighted by Gasteiger charge is -2.37. The van der Waals surface area contributed by atoms with E-state index in [-0.39, 0.29) is 18.4 Å². The van der Waals surface area contributed by atoms with Crippen LogP contribution in [-0.4, -0.2) is 66.3 Å². The largest absolute Gasteiger partial charge is 0.497 e. The van der Waals surface area contributed by atoms with Gasteiger partial charge in [-0.15, -0.1) is 0 Å². The molecule has 1 fully saturated rings. The highest BCUT2D eigenvalue weighted by atomic mass is 35.5. The predicted octanol–water partition coefficient (Wildman–Crippen LogP) is 3.30. The quantitative estimate of drug-likeness (QED) is 0.561. The Morgan fingerprint density at radius 1 is 1.03 bits per heavy atom. The molecule has 0 N–H and O–H groups in total. The maximum absolute atomic E-state index is 13.1. The third-order valence-electron chi connectivity index (χ3n) is 6.36. The summed E-state index contributed by atoms with van der Waals surface area (Å²) in [6.45, 7) is 3.17. The summed E-state index contributed by atoms with van der Waals surface area (Å²) >= 11 is 6.12. The van der Waals surface area contributed by atoms with Crippen LogP contribution in [0.25, 0.3) is 11.3 Å². The third kappa shape index (κ3) is 4.46. The van der Waals surface area contributed by atoms with Crippen LogP contribution in [0.5, 0.6) is 5.75 Å². The first-order chi connectivity index (χ1) is 16.5. The van der Waals surface area contributed by atoms with Crippen LogP contribution in [0.2, 0.25) is 5.02 Å². The number of aromatic nitrogens is 2. The zero-order valence-corrected chi connectivity index (χ0v) is 19.7. The summed E-state index contributed by atoms with van der Waals surface area (Å²) in [5, 5.41) is 5.37. The number of carbonyl (C=O) groups is 2. The molecule has 2 aliphatic rings. The molecule has 3 heterocycles. The Kier molecular flexibility index (Phi) is 6.15. The van der Waals surface area contributed by atoms with Crippen LogP contribution in [0.3, 0.4) is 0 Å². The number of hydrogen-bond acceptors (Lipinski definition) is 5. The normalized spacial score (nSPS) is 15.9. The van der Waals surface area contributed by atoms with Crippen molar-refractivity contribution in [2.24, 2.45) is 0 Å². The lowest BCUT2D eigenvalue weighted by atomic mass is 10.1. The molecular formula is C25H26ClN5O3. The average molecular weight is 480 g/mol. The Hall–Kier alpha value is -3.52. The number of nitrogens with zero attached hydrogens (tertiary/aromatic N) is 5. The molecule has 2 amide bonds. The number of amides is 2. The summed E-state index contributed by atoms with van der Waals surface area (Å²) in [6.07, 6.45) is 0.326. The number of piperazine rings is 1. The minimum atomic E-state index is -0.0559. The van der Waals surface area contributed by atoms with E-state index in [0.717, 1.165) is 35.8 Å². The van der Waals surface area contributed by atoms with Crippen molar-refractivity contribution in [1.82, 2.24) is 14.7 Å². The maximum atomic E-state index is 13.1. The van der Waals surface area contributed by atoms with Crippen molar-refractivity contribution in [3.05, 3.63) is 59.6 Å². The molecule has 0 saturated carbocycles. The molecule has 8 nitrogen and oxygen atoms in total. The van der Waals surface area contributed by atoms with Gasteiger partial charge in [0.2, 0.25) is 11.8 Å². The third-order valence-corrected chi connectivity index (χ3v) is 6.59. The van der Waals surface area contributed by atoms with Gasteiger partial charge in [-0.05, 0) is 42.5 Å². The molecule has 2 aliphatic heterocycles. The highest BCUT2D eigenvalue weighted by Crippen LogP contribution is 2.29. The van der Waals surface area contributed by atoms with Gasteiger partial charge in [0.25, 0.3) is 0 Å². The molecule has 0 atom stereocenters. The minimum absolute atomic E-state index is 0.0176. The number of halogens is 1. The zero-order chi connectivity index (χ0) is 23.7. The number of methoxy groups -OCH3 is 1. The van der Waals surface area contributed by atoms with Crippen LogP contribution < -0.4 is 14.5 Å². The van der Waals surface area contributed by atoms with E-state index in [1.807, 2.05) is 64.2 Å². The number of benzene rings is 2. The Labute approximate surface area is 203 Å². The van der Waals surface area contributed by atoms with Crippen LogP contribution in [0.4, 0.5) is 11.5 Å². The van der Waals surface area contributed by atoms with Crippen molar-refractivity contribution >= 4 is 34.9 Å². The van der Waals surface area contributed by atoms with Crippen molar-refractivity contribution in [2.45, 2.75) is 13.0 Å². The first-order valence-corrected chi connectivity index (χ1v) is 11.7. The summed E-state index contributed by atoms with van der Waals surface area (Å²) in [6, 6.07) is 17.2. The highest BCUT2D eigenvalue weighted by Gasteiger charge is 2.30. The van der Waals surface area contributed by atoms with Gasteiger partial charge in [0.1, 0.15) is 18.1 Å². The molecule has 0 aliphatic carbocycles. The zero-order valence-electron chi connectivity index (χ0n) is 19.0. The standard InChI is InChI=1S/C25H26ClN5O3/c1-34-21-7-5-18(6-8-21)22-16-23-30(24(32)9-10-31(23)27-22)17-25(33)29-13-11-28(12-14-29)20-4-2-3-19(26)15-20/h2-8,15-16H,9-14,17H2,1H3. The first-order valence-electron chi connectivity index (χ1n) is 11.3. The van der Waals surface area contributed by atoms with Crippen LogP contribution in [0.1, 0.15) is 6.42 Å². The van der Waals surface area contributed by atoms with Gasteiger partial charge in [-0.2, -0.15) is 5.10 Å². The van der Waals surface area contributed by atoms with Gasteiger partial charge in [0, 0.05) is 54.9 Å². The molecule has 0 bridgehead atoms. The molecular weight excluding hydrogens is 454 g/mol. The van der Waals surface area contributed by atoms with E-state index in [0.29, 0.717) is 36.9 Å². The van der Waals surface area contributed by atoms with Gasteiger partial charge >= 0.3 is 0 Å². The predicted molar refractivity (Wildman–Crippen MR) is 131 cm³/mol. The van der Waals surface area contributed by atoms with E-state index >= 15 is 0 Å². The number of fused-ring (bicyclic) bond motifs is 1. The summed E-state index contributed by atoms with van der Waals surface area (Å²) in [4.78, 5) is 31.5. The average Bonchev–Trinajstić information content (AvgIpc) is 3.30. The summed E-state index contributed by atoms with van der Waals surface area (Å²) in [7, 11) is 1.63. The number of anilines is 2. The van der Waals surface area contributed by atoms with E-state index in [1.54, 1.807) is 12.0 Å². The second-order valence-corrected chi connectivity index (χ2v) is 8.85. The van der Waals surface area contributed by atoms with Gasteiger partial charge in [-0.3, -0.25) is 14.5 Å².